The Bertz CT molecular complexity index is 237. The van der Waals surface area contributed by atoms with E-state index in [0.29, 0.717) is 11.7 Å². The number of hydrogen-bond acceptors (Lipinski definition) is 1. The van der Waals surface area contributed by atoms with E-state index in [-0.39, 0.29) is 0 Å². The number of Topliss-reactive ketones (excluding diaryl/α,β-unsaturated/α-hetero) is 1. The minimum Gasteiger partial charge on any atom is -0.299 e. The molecule has 0 saturated heterocycles. The number of hydrogen-bond donors (Lipinski definition) is 0. The van der Waals surface area contributed by atoms with E-state index >= 15 is 0 Å². The Balaban J connectivity index is 2.21. The molecular weight excluding hydrogens is 148 g/mol. The molecule has 0 spiro atoms. The molecule has 0 saturated carbocycles. The largest absolute Gasteiger partial charge is 0.299 e. The smallest absolute Gasteiger partial charge is 0.136 e. The summed E-state index contributed by atoms with van der Waals surface area (Å²) in [6, 6.07) is 0. The summed E-state index contributed by atoms with van der Waals surface area (Å²) >= 11 is 0. The molecule has 0 fully saturated rings. The van der Waals surface area contributed by atoms with Gasteiger partial charge in [0.05, 0.1) is 0 Å². The maximum Gasteiger partial charge on any atom is 0.136 e. The minimum atomic E-state index is 0.320. The van der Waals surface area contributed by atoms with Crippen molar-refractivity contribution in [3.8, 4) is 0 Å². The number of carbonyl (C=O) groups is 1. The predicted molar refractivity (Wildman–Crippen MR) is 48.9 cm³/mol. The molecule has 1 nitrogen and oxygen atoms in total. The highest BCUT2D eigenvalue weighted by Gasteiger charge is 2.29. The molecule has 0 aliphatic heterocycles. The van der Waals surface area contributed by atoms with Crippen LogP contribution in [0.1, 0.15) is 45.4 Å². The summed E-state index contributed by atoms with van der Waals surface area (Å²) in [6.07, 6.45) is 7.46. The summed E-state index contributed by atoms with van der Waals surface area (Å²) in [7, 11) is 0. The number of rotatable bonds is 1. The van der Waals surface area contributed by atoms with Gasteiger partial charge in [0.1, 0.15) is 5.78 Å². The lowest BCUT2D eigenvalue weighted by molar-refractivity contribution is -0.119. The molecule has 0 N–H and O–H groups in total. The van der Waals surface area contributed by atoms with Crippen LogP contribution in [-0.2, 0) is 4.79 Å². The van der Waals surface area contributed by atoms with E-state index in [1.54, 1.807) is 12.5 Å². The Morgan fingerprint density at radius 1 is 1.25 bits per heavy atom. The van der Waals surface area contributed by atoms with Crippen molar-refractivity contribution in [2.75, 3.05) is 0 Å². The summed E-state index contributed by atoms with van der Waals surface area (Å²) in [5, 5.41) is 0. The average molecular weight is 164 g/mol. The fourth-order valence-electron chi connectivity index (χ4n) is 2.64. The van der Waals surface area contributed by atoms with Crippen molar-refractivity contribution in [3.05, 3.63) is 11.1 Å². The van der Waals surface area contributed by atoms with Gasteiger partial charge in [-0.25, -0.2) is 0 Å². The Kier molecular flexibility index (Phi) is 2.03. The van der Waals surface area contributed by atoms with Gasteiger partial charge in [-0.05, 0) is 45.4 Å². The normalized spacial score (nSPS) is 28.9. The molecule has 2 aliphatic rings. The Morgan fingerprint density at radius 3 is 2.75 bits per heavy atom. The summed E-state index contributed by atoms with van der Waals surface area (Å²) in [4.78, 5) is 11.3. The van der Waals surface area contributed by atoms with Crippen LogP contribution in [-0.4, -0.2) is 5.78 Å². The highest BCUT2D eigenvalue weighted by atomic mass is 16.1. The van der Waals surface area contributed by atoms with Crippen LogP contribution in [0.25, 0.3) is 0 Å². The first kappa shape index (κ1) is 8.03. The van der Waals surface area contributed by atoms with Crippen LogP contribution in [0.5, 0.6) is 0 Å². The van der Waals surface area contributed by atoms with Gasteiger partial charge in [-0.3, -0.25) is 4.79 Å². The van der Waals surface area contributed by atoms with Crippen molar-refractivity contribution in [1.29, 1.82) is 0 Å². The molecule has 0 heterocycles. The van der Waals surface area contributed by atoms with Crippen LogP contribution in [0.4, 0.5) is 0 Å². The summed E-state index contributed by atoms with van der Waals surface area (Å²) in [6.45, 7) is 1.75. The van der Waals surface area contributed by atoms with Gasteiger partial charge in [0.25, 0.3) is 0 Å². The highest BCUT2D eigenvalue weighted by molar-refractivity contribution is 5.82. The Hall–Kier alpha value is -0.590. The van der Waals surface area contributed by atoms with Gasteiger partial charge < -0.3 is 0 Å². The SMILES string of the molecule is CC(=O)C1CCC2=C1CCCC2. The van der Waals surface area contributed by atoms with Gasteiger partial charge in [0, 0.05) is 5.92 Å². The lowest BCUT2D eigenvalue weighted by Gasteiger charge is -2.17. The molecule has 2 rings (SSSR count). The maximum atomic E-state index is 11.3. The van der Waals surface area contributed by atoms with Gasteiger partial charge in [0.15, 0.2) is 0 Å². The monoisotopic (exact) mass is 164 g/mol. The van der Waals surface area contributed by atoms with Crippen LogP contribution in [0, 0.1) is 5.92 Å². The van der Waals surface area contributed by atoms with Gasteiger partial charge in [-0.1, -0.05) is 11.1 Å². The molecule has 0 aromatic heterocycles. The number of ketones is 1. The van der Waals surface area contributed by atoms with Crippen molar-refractivity contribution in [1.82, 2.24) is 0 Å². The zero-order valence-electron chi connectivity index (χ0n) is 7.73. The van der Waals surface area contributed by atoms with Crippen molar-refractivity contribution in [2.24, 2.45) is 5.92 Å². The lowest BCUT2D eigenvalue weighted by atomic mass is 9.88. The van der Waals surface area contributed by atoms with Crippen molar-refractivity contribution < 1.29 is 4.79 Å². The van der Waals surface area contributed by atoms with Crippen LogP contribution in [0.15, 0.2) is 11.1 Å². The highest BCUT2D eigenvalue weighted by Crippen LogP contribution is 2.41. The second-order valence-electron chi connectivity index (χ2n) is 4.04. The fourth-order valence-corrected chi connectivity index (χ4v) is 2.64. The molecule has 1 unspecified atom stereocenters. The topological polar surface area (TPSA) is 17.1 Å². The number of allylic oxidation sites excluding steroid dienone is 2. The van der Waals surface area contributed by atoms with E-state index in [2.05, 4.69) is 0 Å². The third-order valence-electron chi connectivity index (χ3n) is 3.27. The van der Waals surface area contributed by atoms with E-state index in [4.69, 9.17) is 0 Å². The molecule has 1 heteroatoms. The Labute approximate surface area is 73.8 Å². The van der Waals surface area contributed by atoms with E-state index in [1.807, 2.05) is 0 Å². The van der Waals surface area contributed by atoms with Gasteiger partial charge >= 0.3 is 0 Å². The molecule has 0 bridgehead atoms. The number of carbonyl (C=O) groups excluding carboxylic acids is 1. The molecule has 1 atom stereocenters. The van der Waals surface area contributed by atoms with E-state index in [1.165, 1.54) is 37.7 Å². The zero-order chi connectivity index (χ0) is 8.55. The van der Waals surface area contributed by atoms with E-state index in [0.717, 1.165) is 6.42 Å². The average Bonchev–Trinajstić information content (AvgIpc) is 2.47. The third kappa shape index (κ3) is 1.21. The molecule has 0 aromatic rings. The van der Waals surface area contributed by atoms with Crippen LogP contribution >= 0.6 is 0 Å². The van der Waals surface area contributed by atoms with Crippen molar-refractivity contribution in [2.45, 2.75) is 45.4 Å². The molecule has 0 radical (unpaired) electrons. The maximum absolute atomic E-state index is 11.3. The molecule has 2 aliphatic carbocycles. The first-order chi connectivity index (χ1) is 5.79. The standard InChI is InChI=1S/C11H16O/c1-8(12)10-7-6-9-4-2-3-5-11(9)10/h10H,2-7H2,1H3. The third-order valence-corrected chi connectivity index (χ3v) is 3.27. The molecular formula is C11H16O. The predicted octanol–water partition coefficient (Wildman–Crippen LogP) is 2.86. The zero-order valence-corrected chi connectivity index (χ0v) is 7.73. The van der Waals surface area contributed by atoms with Crippen LogP contribution < -0.4 is 0 Å². The second-order valence-corrected chi connectivity index (χ2v) is 4.04. The van der Waals surface area contributed by atoms with E-state index < -0.39 is 0 Å². The van der Waals surface area contributed by atoms with Crippen LogP contribution in [0.3, 0.4) is 0 Å². The van der Waals surface area contributed by atoms with Crippen molar-refractivity contribution in [3.63, 3.8) is 0 Å². The van der Waals surface area contributed by atoms with Gasteiger partial charge in [-0.15, -0.1) is 0 Å². The summed E-state index contributed by atoms with van der Waals surface area (Å²) in [5.41, 5.74) is 3.15. The van der Waals surface area contributed by atoms with E-state index in [9.17, 15) is 4.79 Å². The molecule has 0 amide bonds. The molecule has 12 heavy (non-hydrogen) atoms. The first-order valence-corrected chi connectivity index (χ1v) is 5.00. The van der Waals surface area contributed by atoms with Crippen molar-refractivity contribution >= 4 is 5.78 Å². The minimum absolute atomic E-state index is 0.320. The lowest BCUT2D eigenvalue weighted by Crippen LogP contribution is -2.11. The first-order valence-electron chi connectivity index (χ1n) is 5.00. The summed E-state index contributed by atoms with van der Waals surface area (Å²) in [5.74, 6) is 0.710. The second kappa shape index (κ2) is 3.04. The van der Waals surface area contributed by atoms with Gasteiger partial charge in [-0.2, -0.15) is 0 Å². The summed E-state index contributed by atoms with van der Waals surface area (Å²) < 4.78 is 0. The quantitative estimate of drug-likeness (QED) is 0.545. The molecule has 0 aromatic carbocycles. The van der Waals surface area contributed by atoms with Gasteiger partial charge in [0.2, 0.25) is 0 Å². The molecule has 66 valence electrons. The Morgan fingerprint density at radius 2 is 2.00 bits per heavy atom. The fraction of sp³-hybridized carbons (Fsp3) is 0.727. The van der Waals surface area contributed by atoms with Crippen LogP contribution in [0.2, 0.25) is 0 Å².